The molecule has 26 heavy (non-hydrogen) atoms. The van der Waals surface area contributed by atoms with Crippen molar-refractivity contribution in [3.63, 3.8) is 0 Å². The number of benzene rings is 1. The predicted molar refractivity (Wildman–Crippen MR) is 97.2 cm³/mol. The zero-order valence-electron chi connectivity index (χ0n) is 15.0. The van der Waals surface area contributed by atoms with Gasteiger partial charge in [-0.25, -0.2) is 4.98 Å². The number of piperidine rings is 3. The van der Waals surface area contributed by atoms with Gasteiger partial charge in [0.2, 0.25) is 0 Å². The van der Waals surface area contributed by atoms with E-state index in [4.69, 9.17) is 4.74 Å². The highest BCUT2D eigenvalue weighted by Gasteiger charge is 2.54. The van der Waals surface area contributed by atoms with Crippen LogP contribution in [0.3, 0.4) is 0 Å². The van der Waals surface area contributed by atoms with E-state index in [1.165, 1.54) is 18.4 Å². The number of carbonyl (C=O) groups excluding carboxylic acids is 1. The third-order valence-electron chi connectivity index (χ3n) is 6.50. The largest absolute Gasteiger partial charge is 0.497 e. The summed E-state index contributed by atoms with van der Waals surface area (Å²) in [4.78, 5) is 25.0. The van der Waals surface area contributed by atoms with E-state index in [1.807, 2.05) is 12.1 Å². The summed E-state index contributed by atoms with van der Waals surface area (Å²) in [5.74, 6) is 2.31. The maximum absolute atomic E-state index is 13.1. The predicted octanol–water partition coefficient (Wildman–Crippen LogP) is 2.12. The minimum atomic E-state index is 0.0368. The first kappa shape index (κ1) is 15.9. The number of amides is 1. The molecular weight excluding hydrogens is 328 g/mol. The first-order valence-electron chi connectivity index (χ1n) is 9.44. The maximum Gasteiger partial charge on any atom is 0.289 e. The summed E-state index contributed by atoms with van der Waals surface area (Å²) in [5, 5.41) is 0. The molecule has 0 radical (unpaired) electrons. The second-order valence-corrected chi connectivity index (χ2v) is 7.63. The average Bonchev–Trinajstić information content (AvgIpc) is 3.38. The van der Waals surface area contributed by atoms with Gasteiger partial charge in [-0.1, -0.05) is 12.1 Å². The molecular formula is C20H24N4O2. The summed E-state index contributed by atoms with van der Waals surface area (Å²) in [6.45, 7) is 3.07. The van der Waals surface area contributed by atoms with Gasteiger partial charge >= 0.3 is 0 Å². The zero-order chi connectivity index (χ0) is 17.7. The van der Waals surface area contributed by atoms with Crippen molar-refractivity contribution < 1.29 is 9.53 Å². The number of ether oxygens (including phenoxy) is 1. The molecule has 6 rings (SSSR count). The number of rotatable bonds is 3. The van der Waals surface area contributed by atoms with Crippen molar-refractivity contribution in [1.29, 1.82) is 0 Å². The van der Waals surface area contributed by atoms with Crippen LogP contribution < -0.4 is 4.74 Å². The topological polar surface area (TPSA) is 61.5 Å². The van der Waals surface area contributed by atoms with Gasteiger partial charge in [0, 0.05) is 30.9 Å². The molecule has 1 amide bonds. The molecule has 0 aliphatic carbocycles. The van der Waals surface area contributed by atoms with Gasteiger partial charge in [-0.2, -0.15) is 0 Å². The summed E-state index contributed by atoms with van der Waals surface area (Å²) >= 11 is 0. The van der Waals surface area contributed by atoms with Crippen molar-refractivity contribution in [2.24, 2.45) is 5.92 Å². The van der Waals surface area contributed by atoms with Gasteiger partial charge in [-0.15, -0.1) is 0 Å². The Hall–Kier alpha value is -2.34. The molecule has 6 heteroatoms. The number of fused-ring (bicyclic) bond motifs is 2. The number of hydrogen-bond acceptors (Lipinski definition) is 4. The Labute approximate surface area is 153 Å². The minimum absolute atomic E-state index is 0.0368. The smallest absolute Gasteiger partial charge is 0.289 e. The lowest BCUT2D eigenvalue weighted by Gasteiger charge is -2.51. The van der Waals surface area contributed by atoms with Crippen molar-refractivity contribution in [1.82, 2.24) is 19.8 Å². The molecule has 6 nitrogen and oxygen atoms in total. The maximum atomic E-state index is 13.1. The van der Waals surface area contributed by atoms with E-state index >= 15 is 0 Å². The fourth-order valence-electron chi connectivity index (χ4n) is 5.32. The third kappa shape index (κ3) is 2.35. The quantitative estimate of drug-likeness (QED) is 0.919. The van der Waals surface area contributed by atoms with Crippen LogP contribution in [0.25, 0.3) is 0 Å². The number of aromatic amines is 1. The van der Waals surface area contributed by atoms with E-state index in [-0.39, 0.29) is 5.91 Å². The van der Waals surface area contributed by atoms with Crippen LogP contribution in [0.1, 0.15) is 34.9 Å². The van der Waals surface area contributed by atoms with Gasteiger partial charge in [0.1, 0.15) is 5.75 Å². The van der Waals surface area contributed by atoms with Crippen LogP contribution >= 0.6 is 0 Å². The summed E-state index contributed by atoms with van der Waals surface area (Å²) < 4.78 is 5.31. The highest BCUT2D eigenvalue weighted by molar-refractivity contribution is 5.91. The average molecular weight is 352 g/mol. The van der Waals surface area contributed by atoms with E-state index in [9.17, 15) is 4.79 Å². The number of imidazole rings is 1. The molecule has 3 atom stereocenters. The number of hydrogen-bond donors (Lipinski definition) is 1. The monoisotopic (exact) mass is 352 g/mol. The first-order valence-corrected chi connectivity index (χ1v) is 9.44. The highest BCUT2D eigenvalue weighted by atomic mass is 16.5. The number of aromatic nitrogens is 2. The molecule has 4 aliphatic heterocycles. The van der Waals surface area contributed by atoms with E-state index < -0.39 is 0 Å². The van der Waals surface area contributed by atoms with Gasteiger partial charge in [0.05, 0.1) is 13.2 Å². The molecule has 1 aromatic heterocycles. The Kier molecular flexibility index (Phi) is 3.74. The summed E-state index contributed by atoms with van der Waals surface area (Å²) in [6.07, 6.45) is 5.76. The Balaban J connectivity index is 1.51. The second-order valence-electron chi connectivity index (χ2n) is 7.63. The lowest BCUT2D eigenvalue weighted by Crippen LogP contribution is -2.60. The molecule has 5 heterocycles. The van der Waals surface area contributed by atoms with Crippen LogP contribution in [-0.4, -0.2) is 64.5 Å². The van der Waals surface area contributed by atoms with Crippen molar-refractivity contribution in [2.45, 2.75) is 30.8 Å². The van der Waals surface area contributed by atoms with Crippen molar-refractivity contribution in [2.75, 3.05) is 26.7 Å². The molecule has 136 valence electrons. The second kappa shape index (κ2) is 6.13. The molecule has 4 fully saturated rings. The first-order chi connectivity index (χ1) is 12.8. The van der Waals surface area contributed by atoms with Gasteiger partial charge in [0.25, 0.3) is 5.91 Å². The van der Waals surface area contributed by atoms with Crippen molar-refractivity contribution in [3.8, 4) is 5.75 Å². The zero-order valence-corrected chi connectivity index (χ0v) is 15.0. The minimum Gasteiger partial charge on any atom is -0.497 e. The molecule has 1 aromatic carbocycles. The molecule has 1 N–H and O–H groups in total. The SMILES string of the molecule is COc1ccc([C@@H]2CN(C(=O)c3ncc[nH]3)[C@@H]3C4CCN(CC4)[C@@H]32)cc1. The van der Waals surface area contributed by atoms with E-state index in [0.29, 0.717) is 29.7 Å². The van der Waals surface area contributed by atoms with Gasteiger partial charge < -0.3 is 14.6 Å². The summed E-state index contributed by atoms with van der Waals surface area (Å²) in [6, 6.07) is 9.07. The third-order valence-corrected chi connectivity index (χ3v) is 6.50. The van der Waals surface area contributed by atoms with E-state index in [1.54, 1.807) is 19.5 Å². The number of carbonyl (C=O) groups is 1. The van der Waals surface area contributed by atoms with Crippen LogP contribution in [0.2, 0.25) is 0 Å². The Morgan fingerprint density at radius 1 is 1.19 bits per heavy atom. The fraction of sp³-hybridized carbons (Fsp3) is 0.500. The van der Waals surface area contributed by atoms with E-state index in [2.05, 4.69) is 31.9 Å². The fourth-order valence-corrected chi connectivity index (χ4v) is 5.32. The van der Waals surface area contributed by atoms with E-state index in [0.717, 1.165) is 25.4 Å². The van der Waals surface area contributed by atoms with Crippen LogP contribution in [0.15, 0.2) is 36.7 Å². The highest BCUT2D eigenvalue weighted by Crippen LogP contribution is 2.46. The van der Waals surface area contributed by atoms with Gasteiger partial charge in [-0.3, -0.25) is 9.69 Å². The van der Waals surface area contributed by atoms with Crippen molar-refractivity contribution in [3.05, 3.63) is 48.0 Å². The number of likely N-dealkylation sites (tertiary alicyclic amines) is 1. The lowest BCUT2D eigenvalue weighted by atomic mass is 9.75. The van der Waals surface area contributed by atoms with Crippen LogP contribution in [0, 0.1) is 5.92 Å². The Bertz CT molecular complexity index is 781. The summed E-state index contributed by atoms with van der Waals surface area (Å²) in [7, 11) is 1.69. The van der Waals surface area contributed by atoms with Gasteiger partial charge in [0.15, 0.2) is 5.82 Å². The molecule has 0 spiro atoms. The molecule has 2 bridgehead atoms. The summed E-state index contributed by atoms with van der Waals surface area (Å²) in [5.41, 5.74) is 1.29. The van der Waals surface area contributed by atoms with Crippen molar-refractivity contribution >= 4 is 5.91 Å². The molecule has 4 saturated heterocycles. The number of nitrogens with zero attached hydrogens (tertiary/aromatic N) is 3. The lowest BCUT2D eigenvalue weighted by molar-refractivity contribution is -0.00374. The Morgan fingerprint density at radius 2 is 1.96 bits per heavy atom. The van der Waals surface area contributed by atoms with Gasteiger partial charge in [-0.05, 0) is 49.5 Å². The standard InChI is InChI=1S/C20H24N4O2/c1-26-15-4-2-13(3-5-15)16-12-24(20(25)19-21-8-9-22-19)17-14-6-10-23(11-7-14)18(16)17/h2-5,8-9,14,16-18H,6-7,10-12H2,1H3,(H,21,22)/t16-,17+,18+/m0/s1. The normalized spacial score (nSPS) is 32.5. The molecule has 4 aliphatic rings. The molecule has 0 saturated carbocycles. The number of H-pyrrole nitrogens is 1. The number of methoxy groups -OCH3 is 1. The molecule has 0 unspecified atom stereocenters. The Morgan fingerprint density at radius 3 is 2.62 bits per heavy atom. The van der Waals surface area contributed by atoms with Crippen LogP contribution in [-0.2, 0) is 0 Å². The van der Waals surface area contributed by atoms with Crippen LogP contribution in [0.5, 0.6) is 5.75 Å². The molecule has 2 aromatic rings. The number of nitrogens with one attached hydrogen (secondary N) is 1. The van der Waals surface area contributed by atoms with Crippen LogP contribution in [0.4, 0.5) is 0 Å².